The fourth-order valence-corrected chi connectivity index (χ4v) is 1.73. The molecule has 2 aromatic carbocycles. The quantitative estimate of drug-likeness (QED) is 0.835. The normalized spacial score (nSPS) is 10.6. The van der Waals surface area contributed by atoms with Gasteiger partial charge in [-0.05, 0) is 24.3 Å². The van der Waals surface area contributed by atoms with Crippen LogP contribution in [0.15, 0.2) is 53.5 Å². The van der Waals surface area contributed by atoms with E-state index in [1.54, 1.807) is 24.3 Å². The van der Waals surface area contributed by atoms with E-state index in [-0.39, 0.29) is 16.7 Å². The first-order chi connectivity index (χ1) is 9.59. The number of nitrogens with zero attached hydrogens (tertiary/aromatic N) is 1. The maximum absolute atomic E-state index is 11.2. The predicted octanol–water partition coefficient (Wildman–Crippen LogP) is 2.83. The molecule has 0 radical (unpaired) electrons. The molecule has 0 atom stereocenters. The van der Waals surface area contributed by atoms with Gasteiger partial charge in [-0.1, -0.05) is 24.3 Å². The van der Waals surface area contributed by atoms with E-state index in [2.05, 4.69) is 4.99 Å². The Balaban J connectivity index is 2.51. The van der Waals surface area contributed by atoms with Gasteiger partial charge in [-0.15, -0.1) is 0 Å². The number of aromatic carboxylic acids is 2. The monoisotopic (exact) mass is 269 g/mol. The van der Waals surface area contributed by atoms with Crippen molar-refractivity contribution in [1.82, 2.24) is 0 Å². The number of hydrogen-bond acceptors (Lipinski definition) is 3. The van der Waals surface area contributed by atoms with Gasteiger partial charge < -0.3 is 10.2 Å². The van der Waals surface area contributed by atoms with E-state index in [1.165, 1.54) is 24.4 Å². The lowest BCUT2D eigenvalue weighted by Gasteiger charge is -2.05. The molecule has 0 bridgehead atoms. The molecular formula is C15H11NO4. The molecule has 0 saturated heterocycles. The predicted molar refractivity (Wildman–Crippen MR) is 74.1 cm³/mol. The summed E-state index contributed by atoms with van der Waals surface area (Å²) in [4.78, 5) is 26.4. The third-order valence-corrected chi connectivity index (χ3v) is 2.67. The van der Waals surface area contributed by atoms with Crippen LogP contribution < -0.4 is 0 Å². The second-order valence-corrected chi connectivity index (χ2v) is 3.97. The Bertz CT molecular complexity index is 645. The highest BCUT2D eigenvalue weighted by Crippen LogP contribution is 2.16. The molecule has 2 rings (SSSR count). The van der Waals surface area contributed by atoms with Gasteiger partial charge in [0.15, 0.2) is 0 Å². The van der Waals surface area contributed by atoms with Crippen LogP contribution >= 0.6 is 0 Å². The van der Waals surface area contributed by atoms with Crippen LogP contribution in [0.1, 0.15) is 26.3 Å². The number of carboxylic acid groups (broad SMARTS) is 2. The summed E-state index contributed by atoms with van der Waals surface area (Å²) in [5.41, 5.74) is 0.509. The summed E-state index contributed by atoms with van der Waals surface area (Å²) in [5, 5.41) is 18.2. The van der Waals surface area contributed by atoms with Crippen LogP contribution in [-0.2, 0) is 0 Å². The Morgan fingerprint density at radius 2 is 1.40 bits per heavy atom. The highest BCUT2D eigenvalue weighted by Gasteiger charge is 2.16. The number of carbonyl (C=O) groups is 2. The van der Waals surface area contributed by atoms with Gasteiger partial charge >= 0.3 is 11.9 Å². The minimum atomic E-state index is -1.19. The van der Waals surface area contributed by atoms with Crippen molar-refractivity contribution < 1.29 is 19.8 Å². The fourth-order valence-electron chi connectivity index (χ4n) is 1.73. The maximum Gasteiger partial charge on any atom is 0.336 e. The van der Waals surface area contributed by atoms with E-state index in [0.717, 1.165) is 0 Å². The molecule has 2 N–H and O–H groups in total. The van der Waals surface area contributed by atoms with Crippen molar-refractivity contribution in [3.05, 3.63) is 65.2 Å². The summed E-state index contributed by atoms with van der Waals surface area (Å²) in [5.74, 6) is -2.38. The van der Waals surface area contributed by atoms with Gasteiger partial charge in [0.25, 0.3) is 0 Å². The molecule has 0 fully saturated rings. The van der Waals surface area contributed by atoms with Crippen molar-refractivity contribution in [2.24, 2.45) is 4.99 Å². The average molecular weight is 269 g/mol. The van der Waals surface area contributed by atoms with Crippen LogP contribution in [-0.4, -0.2) is 28.4 Å². The highest BCUT2D eigenvalue weighted by molar-refractivity contribution is 6.06. The van der Waals surface area contributed by atoms with E-state index < -0.39 is 11.9 Å². The lowest BCUT2D eigenvalue weighted by Crippen LogP contribution is -2.09. The van der Waals surface area contributed by atoms with E-state index in [0.29, 0.717) is 5.69 Å². The molecule has 0 aliphatic rings. The van der Waals surface area contributed by atoms with Crippen molar-refractivity contribution >= 4 is 23.8 Å². The zero-order valence-corrected chi connectivity index (χ0v) is 10.4. The maximum atomic E-state index is 11.2. The Morgan fingerprint density at radius 1 is 0.850 bits per heavy atom. The second-order valence-electron chi connectivity index (χ2n) is 3.97. The molecule has 0 spiro atoms. The van der Waals surface area contributed by atoms with Crippen molar-refractivity contribution in [1.29, 1.82) is 0 Å². The number of hydrogen-bond donors (Lipinski definition) is 2. The largest absolute Gasteiger partial charge is 0.478 e. The lowest BCUT2D eigenvalue weighted by molar-refractivity contribution is 0.0696. The summed E-state index contributed by atoms with van der Waals surface area (Å²) in [6.45, 7) is 0. The van der Waals surface area contributed by atoms with Gasteiger partial charge in [0.05, 0.1) is 16.8 Å². The van der Waals surface area contributed by atoms with Crippen LogP contribution in [0.2, 0.25) is 0 Å². The molecule has 0 aromatic heterocycles. The first kappa shape index (κ1) is 13.5. The van der Waals surface area contributed by atoms with Gasteiger partial charge in [-0.3, -0.25) is 4.99 Å². The van der Waals surface area contributed by atoms with Gasteiger partial charge in [-0.2, -0.15) is 0 Å². The van der Waals surface area contributed by atoms with Crippen LogP contribution in [0.4, 0.5) is 5.69 Å². The molecule has 100 valence electrons. The van der Waals surface area contributed by atoms with Crippen molar-refractivity contribution in [3.63, 3.8) is 0 Å². The summed E-state index contributed by atoms with van der Waals surface area (Å²) < 4.78 is 0. The van der Waals surface area contributed by atoms with Crippen molar-refractivity contribution in [2.75, 3.05) is 0 Å². The van der Waals surface area contributed by atoms with Gasteiger partial charge in [0, 0.05) is 11.8 Å². The molecule has 0 amide bonds. The lowest BCUT2D eigenvalue weighted by atomic mass is 10.0. The summed E-state index contributed by atoms with van der Waals surface area (Å²) >= 11 is 0. The number of benzene rings is 2. The summed E-state index contributed by atoms with van der Waals surface area (Å²) in [7, 11) is 0. The first-order valence-electron chi connectivity index (χ1n) is 5.78. The Morgan fingerprint density at radius 3 is 1.90 bits per heavy atom. The number of rotatable bonds is 4. The van der Waals surface area contributed by atoms with E-state index >= 15 is 0 Å². The SMILES string of the molecule is O=C(O)c1cccc(C(=O)O)c1C=Nc1ccccc1. The molecule has 0 saturated carbocycles. The molecule has 0 aliphatic carbocycles. The standard InChI is InChI=1S/C15H11NO4/c17-14(18)11-7-4-8-12(15(19)20)13(11)9-16-10-5-2-1-3-6-10/h1-9H,(H,17,18)(H,19,20). The van der Waals surface area contributed by atoms with Gasteiger partial charge in [0.2, 0.25) is 0 Å². The summed E-state index contributed by atoms with van der Waals surface area (Å²) in [6, 6.07) is 13.0. The average Bonchev–Trinajstić information content (AvgIpc) is 2.45. The molecule has 0 heterocycles. The molecule has 5 nitrogen and oxygen atoms in total. The van der Waals surface area contributed by atoms with Crippen molar-refractivity contribution in [2.45, 2.75) is 0 Å². The summed E-state index contributed by atoms with van der Waals surface area (Å²) in [6.07, 6.45) is 1.27. The Hall–Kier alpha value is -2.95. The zero-order valence-electron chi connectivity index (χ0n) is 10.4. The number of para-hydroxylation sites is 1. The van der Waals surface area contributed by atoms with Crippen LogP contribution in [0.5, 0.6) is 0 Å². The van der Waals surface area contributed by atoms with E-state index in [4.69, 9.17) is 10.2 Å². The number of carboxylic acids is 2. The number of aliphatic imine (C=N–C) groups is 1. The molecule has 2 aromatic rings. The van der Waals surface area contributed by atoms with Crippen LogP contribution in [0, 0.1) is 0 Å². The van der Waals surface area contributed by atoms with Crippen LogP contribution in [0.3, 0.4) is 0 Å². The third kappa shape index (κ3) is 2.89. The second kappa shape index (κ2) is 5.79. The fraction of sp³-hybridized carbons (Fsp3) is 0. The van der Waals surface area contributed by atoms with Crippen LogP contribution in [0.25, 0.3) is 0 Å². The van der Waals surface area contributed by atoms with Crippen molar-refractivity contribution in [3.8, 4) is 0 Å². The molecule has 0 unspecified atom stereocenters. The smallest absolute Gasteiger partial charge is 0.336 e. The first-order valence-corrected chi connectivity index (χ1v) is 5.78. The van der Waals surface area contributed by atoms with Gasteiger partial charge in [0.1, 0.15) is 0 Å². The topological polar surface area (TPSA) is 87.0 Å². The Kier molecular flexibility index (Phi) is 3.91. The molecule has 5 heteroatoms. The van der Waals surface area contributed by atoms with Gasteiger partial charge in [-0.25, -0.2) is 9.59 Å². The Labute approximate surface area is 114 Å². The molecule has 20 heavy (non-hydrogen) atoms. The molecular weight excluding hydrogens is 258 g/mol. The highest BCUT2D eigenvalue weighted by atomic mass is 16.4. The third-order valence-electron chi connectivity index (χ3n) is 2.67. The molecule has 0 aliphatic heterocycles. The minimum Gasteiger partial charge on any atom is -0.478 e. The van der Waals surface area contributed by atoms with E-state index in [1.807, 2.05) is 6.07 Å². The minimum absolute atomic E-state index is 0.0800. The van der Waals surface area contributed by atoms with E-state index in [9.17, 15) is 9.59 Å². The zero-order chi connectivity index (χ0) is 14.5.